The molecule has 1 aliphatic carbocycles. The summed E-state index contributed by atoms with van der Waals surface area (Å²) in [5.74, 6) is 0. The van der Waals surface area contributed by atoms with Crippen LogP contribution in [0.3, 0.4) is 0 Å². The van der Waals surface area contributed by atoms with Crippen molar-refractivity contribution in [2.24, 2.45) is 0 Å². The van der Waals surface area contributed by atoms with E-state index in [2.05, 4.69) is 75.9 Å². The zero-order valence-electron chi connectivity index (χ0n) is 15.7. The molecule has 150 valence electrons. The minimum absolute atomic E-state index is 0. The van der Waals surface area contributed by atoms with Gasteiger partial charge in [0, 0.05) is 17.6 Å². The predicted molar refractivity (Wildman–Crippen MR) is 126 cm³/mol. The number of rotatable bonds is 4. The van der Waals surface area contributed by atoms with Gasteiger partial charge in [-0.3, -0.25) is 0 Å². The Bertz CT molecular complexity index is 1100. The normalized spacial score (nSPS) is 13.0. The molecule has 0 bridgehead atoms. The highest BCUT2D eigenvalue weighted by Gasteiger charge is 2.20. The highest BCUT2D eigenvalue weighted by Crippen LogP contribution is 2.28. The summed E-state index contributed by atoms with van der Waals surface area (Å²) in [5.41, 5.74) is 8.31. The molecule has 4 aromatic rings. The van der Waals surface area contributed by atoms with E-state index in [1.807, 2.05) is 0 Å². The third kappa shape index (κ3) is 4.44. The van der Waals surface area contributed by atoms with Crippen LogP contribution in [-0.4, -0.2) is 16.0 Å². The van der Waals surface area contributed by atoms with Crippen LogP contribution in [0.2, 0.25) is 5.02 Å². The molecule has 0 atom stereocenters. The molecule has 0 saturated heterocycles. The molecule has 1 aromatic heterocycles. The Morgan fingerprint density at radius 1 is 0.931 bits per heavy atom. The molecule has 0 fully saturated rings. The molecule has 0 saturated carbocycles. The van der Waals surface area contributed by atoms with Gasteiger partial charge in [-0.2, -0.15) is 0 Å². The number of aromatic amines is 1. The van der Waals surface area contributed by atoms with E-state index in [1.165, 1.54) is 11.1 Å². The SMILES string of the molecule is Cl.Cl.Clc1cc(-c2ccc3[nH]cnc3c2)ccc1CNC1Cc2ccccc2C1. The summed E-state index contributed by atoms with van der Waals surface area (Å²) in [5, 5.41) is 4.47. The van der Waals surface area contributed by atoms with E-state index in [0.717, 1.165) is 52.1 Å². The van der Waals surface area contributed by atoms with Crippen LogP contribution in [0.1, 0.15) is 16.7 Å². The zero-order valence-corrected chi connectivity index (χ0v) is 18.1. The van der Waals surface area contributed by atoms with Gasteiger partial charge in [0.2, 0.25) is 0 Å². The molecule has 5 rings (SSSR count). The third-order valence-electron chi connectivity index (χ3n) is 5.44. The number of halogens is 3. The van der Waals surface area contributed by atoms with Gasteiger partial charge in [0.25, 0.3) is 0 Å². The first-order valence-corrected chi connectivity index (χ1v) is 9.66. The molecule has 0 radical (unpaired) electrons. The molecule has 0 spiro atoms. The Morgan fingerprint density at radius 2 is 1.62 bits per heavy atom. The second kappa shape index (κ2) is 9.19. The fourth-order valence-electron chi connectivity index (χ4n) is 3.94. The Hall–Kier alpha value is -2.04. The van der Waals surface area contributed by atoms with Crippen LogP contribution < -0.4 is 5.32 Å². The van der Waals surface area contributed by atoms with Crippen molar-refractivity contribution in [2.45, 2.75) is 25.4 Å². The van der Waals surface area contributed by atoms with E-state index < -0.39 is 0 Å². The van der Waals surface area contributed by atoms with Crippen LogP contribution in [-0.2, 0) is 19.4 Å². The molecule has 0 aliphatic heterocycles. The van der Waals surface area contributed by atoms with Gasteiger partial charge >= 0.3 is 0 Å². The molecule has 1 aliphatic rings. The molecule has 6 heteroatoms. The summed E-state index contributed by atoms with van der Waals surface area (Å²) in [6.07, 6.45) is 3.91. The van der Waals surface area contributed by atoms with Crippen LogP contribution in [0.4, 0.5) is 0 Å². The average Bonchev–Trinajstić information content (AvgIpc) is 3.32. The standard InChI is InChI=1S/C23H20ClN3.2ClH/c24-21-11-17(18-7-8-22-23(12-18)27-14-26-22)5-6-19(21)13-25-20-9-15-3-1-2-4-16(15)10-20;;/h1-8,11-12,14,20,25H,9-10,13H2,(H,26,27);2*1H. The van der Waals surface area contributed by atoms with E-state index in [0.29, 0.717) is 6.04 Å². The fourth-order valence-corrected chi connectivity index (χ4v) is 4.19. The highest BCUT2D eigenvalue weighted by molar-refractivity contribution is 6.31. The first-order chi connectivity index (χ1) is 13.3. The molecule has 29 heavy (non-hydrogen) atoms. The largest absolute Gasteiger partial charge is 0.345 e. The summed E-state index contributed by atoms with van der Waals surface area (Å²) in [4.78, 5) is 7.46. The Balaban J connectivity index is 0.00000120. The van der Waals surface area contributed by atoms with Crippen molar-refractivity contribution in [3.8, 4) is 11.1 Å². The lowest BCUT2D eigenvalue weighted by Gasteiger charge is -2.14. The lowest BCUT2D eigenvalue weighted by atomic mass is 10.0. The Labute approximate surface area is 187 Å². The van der Waals surface area contributed by atoms with Gasteiger partial charge in [-0.1, -0.05) is 54.1 Å². The van der Waals surface area contributed by atoms with Crippen LogP contribution in [0.15, 0.2) is 67.0 Å². The highest BCUT2D eigenvalue weighted by atomic mass is 35.5. The number of nitrogens with one attached hydrogen (secondary N) is 2. The van der Waals surface area contributed by atoms with Gasteiger partial charge in [0.1, 0.15) is 0 Å². The number of hydrogen-bond acceptors (Lipinski definition) is 2. The molecule has 0 unspecified atom stereocenters. The molecular weight excluding hydrogens is 425 g/mol. The number of hydrogen-bond donors (Lipinski definition) is 2. The number of aromatic nitrogens is 2. The summed E-state index contributed by atoms with van der Waals surface area (Å²) in [6, 6.07) is 21.7. The van der Waals surface area contributed by atoms with Crippen LogP contribution in [0.5, 0.6) is 0 Å². The van der Waals surface area contributed by atoms with E-state index in [4.69, 9.17) is 11.6 Å². The zero-order chi connectivity index (χ0) is 18.2. The Morgan fingerprint density at radius 3 is 2.34 bits per heavy atom. The number of nitrogens with zero attached hydrogens (tertiary/aromatic N) is 1. The van der Waals surface area contributed by atoms with Crippen LogP contribution in [0.25, 0.3) is 22.2 Å². The molecule has 3 aromatic carbocycles. The van der Waals surface area contributed by atoms with Gasteiger partial charge < -0.3 is 10.3 Å². The van der Waals surface area contributed by atoms with Crippen molar-refractivity contribution in [3.05, 3.63) is 88.7 Å². The van der Waals surface area contributed by atoms with E-state index in [1.54, 1.807) is 6.33 Å². The summed E-state index contributed by atoms with van der Waals surface area (Å²) in [6.45, 7) is 0.788. The predicted octanol–water partition coefficient (Wildman–Crippen LogP) is 5.98. The minimum Gasteiger partial charge on any atom is -0.345 e. The van der Waals surface area contributed by atoms with E-state index in [-0.39, 0.29) is 24.8 Å². The number of imidazole rings is 1. The summed E-state index contributed by atoms with van der Waals surface area (Å²) < 4.78 is 0. The monoisotopic (exact) mass is 445 g/mol. The van der Waals surface area contributed by atoms with Crippen molar-refractivity contribution < 1.29 is 0 Å². The lowest BCUT2D eigenvalue weighted by Crippen LogP contribution is -2.29. The lowest BCUT2D eigenvalue weighted by molar-refractivity contribution is 0.533. The smallest absolute Gasteiger partial charge is 0.0931 e. The second-order valence-electron chi connectivity index (χ2n) is 7.20. The summed E-state index contributed by atoms with van der Waals surface area (Å²) >= 11 is 6.59. The maximum absolute atomic E-state index is 6.59. The molecule has 0 amide bonds. The fraction of sp³-hybridized carbons (Fsp3) is 0.174. The third-order valence-corrected chi connectivity index (χ3v) is 5.79. The molecule has 1 heterocycles. The topological polar surface area (TPSA) is 40.7 Å². The van der Waals surface area contributed by atoms with Crippen molar-refractivity contribution in [1.29, 1.82) is 0 Å². The van der Waals surface area contributed by atoms with Crippen LogP contribution in [0, 0.1) is 0 Å². The van der Waals surface area contributed by atoms with Crippen LogP contribution >= 0.6 is 36.4 Å². The van der Waals surface area contributed by atoms with Gasteiger partial charge in [-0.15, -0.1) is 24.8 Å². The first-order valence-electron chi connectivity index (χ1n) is 9.28. The first kappa shape index (κ1) is 21.7. The Kier molecular flexibility index (Phi) is 6.86. The van der Waals surface area contributed by atoms with Crippen molar-refractivity contribution in [1.82, 2.24) is 15.3 Å². The number of H-pyrrole nitrogens is 1. The van der Waals surface area contributed by atoms with E-state index in [9.17, 15) is 0 Å². The van der Waals surface area contributed by atoms with Gasteiger partial charge in [-0.05, 0) is 58.9 Å². The minimum atomic E-state index is 0. The summed E-state index contributed by atoms with van der Waals surface area (Å²) in [7, 11) is 0. The molecule has 2 N–H and O–H groups in total. The van der Waals surface area contributed by atoms with Crippen molar-refractivity contribution in [2.75, 3.05) is 0 Å². The van der Waals surface area contributed by atoms with Gasteiger partial charge in [-0.25, -0.2) is 4.98 Å². The molecular formula is C23H22Cl3N3. The van der Waals surface area contributed by atoms with Crippen molar-refractivity contribution >= 4 is 47.4 Å². The quantitative estimate of drug-likeness (QED) is 0.404. The second-order valence-corrected chi connectivity index (χ2v) is 7.60. The van der Waals surface area contributed by atoms with Crippen molar-refractivity contribution in [3.63, 3.8) is 0 Å². The maximum atomic E-state index is 6.59. The van der Waals surface area contributed by atoms with Gasteiger partial charge in [0.15, 0.2) is 0 Å². The number of benzene rings is 3. The van der Waals surface area contributed by atoms with Gasteiger partial charge in [0.05, 0.1) is 17.4 Å². The van der Waals surface area contributed by atoms with E-state index >= 15 is 0 Å². The number of fused-ring (bicyclic) bond motifs is 2. The average molecular weight is 447 g/mol. The molecule has 3 nitrogen and oxygen atoms in total. The maximum Gasteiger partial charge on any atom is 0.0931 e.